The lowest BCUT2D eigenvalue weighted by molar-refractivity contribution is -0.113. The lowest BCUT2D eigenvalue weighted by atomic mass is 9.90. The van der Waals surface area contributed by atoms with Crippen molar-refractivity contribution in [1.29, 1.82) is 0 Å². The first-order valence-electron chi connectivity index (χ1n) is 7.70. The normalized spacial score (nSPS) is 12.4. The predicted octanol–water partition coefficient (Wildman–Crippen LogP) is 3.87. The number of carbonyl (C=O) groups is 1. The minimum atomic E-state index is -0.211. The van der Waals surface area contributed by atoms with Crippen LogP contribution >= 0.6 is 0 Å². The van der Waals surface area contributed by atoms with E-state index in [-0.39, 0.29) is 16.9 Å². The summed E-state index contributed by atoms with van der Waals surface area (Å²) in [5.41, 5.74) is 3.89. The fourth-order valence-corrected chi connectivity index (χ4v) is 2.23. The molecule has 0 saturated carbocycles. The van der Waals surface area contributed by atoms with Crippen molar-refractivity contribution in [2.75, 3.05) is 0 Å². The van der Waals surface area contributed by atoms with E-state index in [1.54, 1.807) is 6.08 Å². The summed E-state index contributed by atoms with van der Waals surface area (Å²) in [6.45, 7) is 15.1. The second kappa shape index (κ2) is 6.74. The Kier molecular flexibility index (Phi) is 4.95. The molecule has 0 spiro atoms. The van der Waals surface area contributed by atoms with Crippen LogP contribution in [0.5, 0.6) is 0 Å². The number of fused-ring (bicyclic) bond motifs is 1. The van der Waals surface area contributed by atoms with Gasteiger partial charge in [0.2, 0.25) is 5.70 Å². The third-order valence-corrected chi connectivity index (χ3v) is 3.64. The van der Waals surface area contributed by atoms with Crippen molar-refractivity contribution in [3.63, 3.8) is 0 Å². The van der Waals surface area contributed by atoms with E-state index in [2.05, 4.69) is 35.6 Å². The van der Waals surface area contributed by atoms with Gasteiger partial charge >= 0.3 is 0 Å². The zero-order chi connectivity index (χ0) is 17.0. The van der Waals surface area contributed by atoms with Gasteiger partial charge in [-0.15, -0.1) is 0 Å². The van der Waals surface area contributed by atoms with E-state index >= 15 is 0 Å². The number of hydrogen-bond acceptors (Lipinski definition) is 3. The first-order chi connectivity index (χ1) is 10.8. The van der Waals surface area contributed by atoms with Crippen LogP contribution in [0.15, 0.2) is 24.2 Å². The molecule has 0 saturated heterocycles. The molecular weight excluding hydrogens is 288 g/mol. The molecule has 5 heteroatoms. The Morgan fingerprint density at radius 1 is 1.43 bits per heavy atom. The molecule has 2 heterocycles. The molecule has 0 unspecified atom stereocenters. The van der Waals surface area contributed by atoms with Gasteiger partial charge in [-0.05, 0) is 31.6 Å². The zero-order valence-corrected chi connectivity index (χ0v) is 14.1. The van der Waals surface area contributed by atoms with Crippen molar-refractivity contribution < 1.29 is 4.79 Å². The first-order valence-corrected chi connectivity index (χ1v) is 7.70. The van der Waals surface area contributed by atoms with E-state index in [0.717, 1.165) is 35.3 Å². The minimum Gasteiger partial charge on any atom is -0.345 e. The van der Waals surface area contributed by atoms with Crippen molar-refractivity contribution in [3.05, 3.63) is 46.8 Å². The molecular formula is C18H22N4O. The number of H-pyrrole nitrogens is 1. The molecule has 0 aliphatic rings. The van der Waals surface area contributed by atoms with Crippen molar-refractivity contribution in [3.8, 4) is 0 Å². The third-order valence-electron chi connectivity index (χ3n) is 3.64. The number of aryl methyl sites for hydroxylation is 1. The summed E-state index contributed by atoms with van der Waals surface area (Å²) >= 11 is 0. The Balaban J connectivity index is 2.25. The Hall–Kier alpha value is -2.48. The molecule has 2 rings (SSSR count). The van der Waals surface area contributed by atoms with E-state index in [4.69, 9.17) is 11.6 Å². The number of nitrogens with zero attached hydrogens (tertiary/aromatic N) is 3. The van der Waals surface area contributed by atoms with E-state index in [1.165, 1.54) is 6.92 Å². The molecule has 1 N–H and O–H groups in total. The Morgan fingerprint density at radius 3 is 2.78 bits per heavy atom. The van der Waals surface area contributed by atoms with Crippen LogP contribution in [-0.4, -0.2) is 20.7 Å². The Bertz CT molecular complexity index is 787. The van der Waals surface area contributed by atoms with Crippen LogP contribution in [0.2, 0.25) is 0 Å². The maximum Gasteiger partial charge on any atom is 0.225 e. The molecule has 2 aromatic rings. The van der Waals surface area contributed by atoms with Gasteiger partial charge in [0.1, 0.15) is 5.52 Å². The molecule has 0 bridgehead atoms. The molecule has 0 aliphatic carbocycles. The SMILES string of the molecule is [C-]#[N+]/C(=C\Cc1c[nH]c2ncc(CCC(C)(C)C)nc12)C(C)=O. The smallest absolute Gasteiger partial charge is 0.225 e. The molecule has 0 aromatic carbocycles. The zero-order valence-electron chi connectivity index (χ0n) is 14.1. The quantitative estimate of drug-likeness (QED) is 0.673. The van der Waals surface area contributed by atoms with Crippen molar-refractivity contribution in [1.82, 2.24) is 15.0 Å². The molecule has 5 nitrogen and oxygen atoms in total. The van der Waals surface area contributed by atoms with Crippen LogP contribution in [0.3, 0.4) is 0 Å². The van der Waals surface area contributed by atoms with Crippen molar-refractivity contribution in [2.45, 2.75) is 47.0 Å². The molecule has 0 radical (unpaired) electrons. The highest BCUT2D eigenvalue weighted by Crippen LogP contribution is 2.22. The lowest BCUT2D eigenvalue weighted by Crippen LogP contribution is -2.07. The van der Waals surface area contributed by atoms with Crippen LogP contribution in [-0.2, 0) is 17.6 Å². The summed E-state index contributed by atoms with van der Waals surface area (Å²) in [4.78, 5) is 26.8. The summed E-state index contributed by atoms with van der Waals surface area (Å²) in [6, 6.07) is 0. The van der Waals surface area contributed by atoms with E-state index in [1.807, 2.05) is 12.4 Å². The summed E-state index contributed by atoms with van der Waals surface area (Å²) < 4.78 is 0. The summed E-state index contributed by atoms with van der Waals surface area (Å²) in [7, 11) is 0. The highest BCUT2D eigenvalue weighted by Gasteiger charge is 2.13. The number of aromatic amines is 1. The van der Waals surface area contributed by atoms with Crippen LogP contribution in [0.1, 0.15) is 45.4 Å². The standard InChI is InChI=1S/C18H22N4O/c1-12(23)15(19-5)7-6-13-10-20-17-16(13)22-14(11-21-17)8-9-18(2,3)4/h7,10-11H,6,8-9H2,1-4H3,(H,20,21)/b15-7-. The molecule has 0 fully saturated rings. The van der Waals surface area contributed by atoms with Gasteiger partial charge in [0.05, 0.1) is 18.5 Å². The van der Waals surface area contributed by atoms with Gasteiger partial charge in [-0.25, -0.2) is 14.8 Å². The molecule has 0 amide bonds. The monoisotopic (exact) mass is 310 g/mol. The highest BCUT2D eigenvalue weighted by atomic mass is 16.1. The number of aromatic nitrogens is 3. The molecule has 23 heavy (non-hydrogen) atoms. The molecule has 0 atom stereocenters. The highest BCUT2D eigenvalue weighted by molar-refractivity contribution is 5.95. The van der Waals surface area contributed by atoms with Gasteiger partial charge in [-0.1, -0.05) is 26.8 Å². The first kappa shape index (κ1) is 16.9. The van der Waals surface area contributed by atoms with Gasteiger partial charge < -0.3 is 9.78 Å². The summed E-state index contributed by atoms with van der Waals surface area (Å²) in [5.74, 6) is -0.211. The number of nitrogens with one attached hydrogen (secondary N) is 1. The average molecular weight is 310 g/mol. The maximum atomic E-state index is 11.3. The largest absolute Gasteiger partial charge is 0.345 e. The van der Waals surface area contributed by atoms with E-state index < -0.39 is 0 Å². The fraction of sp³-hybridized carbons (Fsp3) is 0.444. The van der Waals surface area contributed by atoms with Crippen LogP contribution in [0.25, 0.3) is 16.0 Å². The summed E-state index contributed by atoms with van der Waals surface area (Å²) in [6.07, 6.45) is 7.73. The predicted molar refractivity (Wildman–Crippen MR) is 90.7 cm³/mol. The van der Waals surface area contributed by atoms with Crippen LogP contribution in [0, 0.1) is 12.0 Å². The second-order valence-corrected chi connectivity index (χ2v) is 6.89. The number of carbonyl (C=O) groups excluding carboxylic acids is 1. The van der Waals surface area contributed by atoms with E-state index in [0.29, 0.717) is 6.42 Å². The lowest BCUT2D eigenvalue weighted by Gasteiger charge is -2.17. The van der Waals surface area contributed by atoms with Gasteiger partial charge in [0.15, 0.2) is 11.4 Å². The van der Waals surface area contributed by atoms with E-state index in [9.17, 15) is 4.79 Å². The minimum absolute atomic E-state index is 0.163. The number of hydrogen-bond donors (Lipinski definition) is 1. The van der Waals surface area contributed by atoms with Crippen molar-refractivity contribution >= 4 is 16.9 Å². The van der Waals surface area contributed by atoms with Crippen LogP contribution < -0.4 is 0 Å². The Morgan fingerprint density at radius 2 is 2.17 bits per heavy atom. The molecule has 2 aromatic heterocycles. The van der Waals surface area contributed by atoms with Gasteiger partial charge in [-0.2, -0.15) is 0 Å². The van der Waals surface area contributed by atoms with Crippen LogP contribution in [0.4, 0.5) is 0 Å². The Labute approximate surface area is 136 Å². The average Bonchev–Trinajstić information content (AvgIpc) is 2.87. The number of allylic oxidation sites excluding steroid dienone is 2. The fourth-order valence-electron chi connectivity index (χ4n) is 2.23. The number of ketones is 1. The maximum absolute atomic E-state index is 11.3. The van der Waals surface area contributed by atoms with Gasteiger partial charge in [0, 0.05) is 11.8 Å². The summed E-state index contributed by atoms with van der Waals surface area (Å²) in [5, 5.41) is 0. The third kappa shape index (κ3) is 4.49. The molecule has 0 aliphatic heterocycles. The topological polar surface area (TPSA) is 63.0 Å². The number of Topliss-reactive ketones (excluding diaryl/α,β-unsaturated/α-hetero) is 1. The molecule has 120 valence electrons. The second-order valence-electron chi connectivity index (χ2n) is 6.89. The van der Waals surface area contributed by atoms with Gasteiger partial charge in [-0.3, -0.25) is 0 Å². The number of rotatable bonds is 5. The van der Waals surface area contributed by atoms with Crippen molar-refractivity contribution in [2.24, 2.45) is 5.41 Å². The van der Waals surface area contributed by atoms with Gasteiger partial charge in [0.25, 0.3) is 0 Å².